The number of hydrogen-bond donors (Lipinski definition) is 0. The van der Waals surface area contributed by atoms with Gasteiger partial charge in [0.25, 0.3) is 10.0 Å². The fourth-order valence-corrected chi connectivity index (χ4v) is 4.37. The lowest BCUT2D eigenvalue weighted by Crippen LogP contribution is -2.48. The van der Waals surface area contributed by atoms with Gasteiger partial charge in [-0.25, -0.2) is 18.4 Å². The maximum Gasteiger partial charge on any atom is 0.262 e. The van der Waals surface area contributed by atoms with Crippen molar-refractivity contribution in [1.82, 2.24) is 18.8 Å². The SMILES string of the molecule is Cc1cccc(N2CCC[C@@H](N(C)S(=O)(=O)c3cn(C)cn3)C2)n1. The van der Waals surface area contributed by atoms with Crippen LogP contribution in [0.3, 0.4) is 0 Å². The van der Waals surface area contributed by atoms with Crippen LogP contribution in [0.4, 0.5) is 5.82 Å². The summed E-state index contributed by atoms with van der Waals surface area (Å²) in [5.41, 5.74) is 0.962. The molecule has 2 aromatic heterocycles. The summed E-state index contributed by atoms with van der Waals surface area (Å²) in [5.74, 6) is 0.906. The third kappa shape index (κ3) is 3.29. The Morgan fingerprint density at radius 2 is 2.12 bits per heavy atom. The van der Waals surface area contributed by atoms with Crippen LogP contribution >= 0.6 is 0 Å². The first-order valence-corrected chi connectivity index (χ1v) is 9.46. The van der Waals surface area contributed by atoms with E-state index in [9.17, 15) is 8.42 Å². The minimum Gasteiger partial charge on any atom is -0.355 e. The van der Waals surface area contributed by atoms with Crippen LogP contribution in [0, 0.1) is 6.92 Å². The van der Waals surface area contributed by atoms with E-state index in [0.717, 1.165) is 30.9 Å². The lowest BCUT2D eigenvalue weighted by atomic mass is 10.1. The van der Waals surface area contributed by atoms with E-state index in [-0.39, 0.29) is 11.1 Å². The number of sulfonamides is 1. The molecule has 0 spiro atoms. The van der Waals surface area contributed by atoms with Crippen LogP contribution in [0.15, 0.2) is 35.7 Å². The summed E-state index contributed by atoms with van der Waals surface area (Å²) in [5, 5.41) is 0.0957. The summed E-state index contributed by atoms with van der Waals surface area (Å²) >= 11 is 0. The number of anilines is 1. The molecule has 8 heteroatoms. The van der Waals surface area contributed by atoms with Gasteiger partial charge in [0.1, 0.15) is 5.82 Å². The average molecular weight is 349 g/mol. The molecule has 7 nitrogen and oxygen atoms in total. The van der Waals surface area contributed by atoms with Gasteiger partial charge in [-0.1, -0.05) is 6.07 Å². The Labute approximate surface area is 143 Å². The van der Waals surface area contributed by atoms with E-state index in [2.05, 4.69) is 14.9 Å². The second-order valence-electron chi connectivity index (χ2n) is 6.28. The Balaban J connectivity index is 1.79. The molecule has 0 bridgehead atoms. The largest absolute Gasteiger partial charge is 0.355 e. The lowest BCUT2D eigenvalue weighted by molar-refractivity contribution is 0.318. The fourth-order valence-electron chi connectivity index (χ4n) is 3.03. The zero-order chi connectivity index (χ0) is 17.3. The lowest BCUT2D eigenvalue weighted by Gasteiger charge is -2.37. The zero-order valence-corrected chi connectivity index (χ0v) is 15.1. The van der Waals surface area contributed by atoms with E-state index < -0.39 is 10.0 Å². The van der Waals surface area contributed by atoms with Crippen molar-refractivity contribution in [3.05, 3.63) is 36.4 Å². The molecule has 24 heavy (non-hydrogen) atoms. The molecule has 1 aliphatic rings. The van der Waals surface area contributed by atoms with E-state index in [1.165, 1.54) is 16.8 Å². The molecule has 0 amide bonds. The van der Waals surface area contributed by atoms with Crippen molar-refractivity contribution in [1.29, 1.82) is 0 Å². The maximum atomic E-state index is 12.8. The minimum atomic E-state index is -3.58. The second kappa shape index (κ2) is 6.52. The van der Waals surface area contributed by atoms with Crippen molar-refractivity contribution < 1.29 is 8.42 Å². The fraction of sp³-hybridized carbons (Fsp3) is 0.500. The van der Waals surface area contributed by atoms with Gasteiger partial charge in [-0.3, -0.25) is 0 Å². The predicted molar refractivity (Wildman–Crippen MR) is 92.4 cm³/mol. The molecule has 0 N–H and O–H groups in total. The summed E-state index contributed by atoms with van der Waals surface area (Å²) < 4.78 is 28.6. The van der Waals surface area contributed by atoms with Crippen LogP contribution < -0.4 is 4.90 Å². The number of rotatable bonds is 4. The number of imidazole rings is 1. The highest BCUT2D eigenvalue weighted by Gasteiger charge is 2.33. The first kappa shape index (κ1) is 16.9. The van der Waals surface area contributed by atoms with Crippen molar-refractivity contribution in [2.24, 2.45) is 7.05 Å². The van der Waals surface area contributed by atoms with Gasteiger partial charge in [-0.15, -0.1) is 0 Å². The first-order chi connectivity index (χ1) is 11.4. The average Bonchev–Trinajstić information content (AvgIpc) is 3.01. The van der Waals surface area contributed by atoms with Crippen LogP contribution in [0.5, 0.6) is 0 Å². The smallest absolute Gasteiger partial charge is 0.262 e. The number of pyridine rings is 1. The topological polar surface area (TPSA) is 71.3 Å². The van der Waals surface area contributed by atoms with Crippen LogP contribution in [0.2, 0.25) is 0 Å². The minimum absolute atomic E-state index is 0.0898. The molecular formula is C16H23N5O2S. The van der Waals surface area contributed by atoms with Crippen molar-refractivity contribution in [3.8, 4) is 0 Å². The van der Waals surface area contributed by atoms with Gasteiger partial charge in [0, 0.05) is 45.1 Å². The quantitative estimate of drug-likeness (QED) is 0.835. The van der Waals surface area contributed by atoms with Gasteiger partial charge in [-0.05, 0) is 31.9 Å². The summed E-state index contributed by atoms with van der Waals surface area (Å²) in [6, 6.07) is 5.83. The third-order valence-electron chi connectivity index (χ3n) is 4.43. The summed E-state index contributed by atoms with van der Waals surface area (Å²) in [7, 11) is -0.175. The highest BCUT2D eigenvalue weighted by atomic mass is 32.2. The van der Waals surface area contributed by atoms with E-state index in [1.807, 2.05) is 25.1 Å². The number of aryl methyl sites for hydroxylation is 2. The van der Waals surface area contributed by atoms with Gasteiger partial charge in [0.2, 0.25) is 0 Å². The van der Waals surface area contributed by atoms with Crippen molar-refractivity contribution in [2.45, 2.75) is 30.8 Å². The Kier molecular flexibility index (Phi) is 4.60. The third-order valence-corrected chi connectivity index (χ3v) is 6.23. The molecule has 2 aromatic rings. The highest BCUT2D eigenvalue weighted by molar-refractivity contribution is 7.89. The highest BCUT2D eigenvalue weighted by Crippen LogP contribution is 2.24. The van der Waals surface area contributed by atoms with E-state index in [1.54, 1.807) is 18.7 Å². The van der Waals surface area contributed by atoms with E-state index >= 15 is 0 Å². The Morgan fingerprint density at radius 1 is 1.33 bits per heavy atom. The summed E-state index contributed by atoms with van der Waals surface area (Å²) in [6.07, 6.45) is 4.81. The second-order valence-corrected chi connectivity index (χ2v) is 8.22. The van der Waals surface area contributed by atoms with Crippen LogP contribution in [0.25, 0.3) is 0 Å². The van der Waals surface area contributed by atoms with Gasteiger partial charge in [0.15, 0.2) is 5.03 Å². The molecule has 1 atom stereocenters. The number of aromatic nitrogens is 3. The van der Waals surface area contributed by atoms with Crippen molar-refractivity contribution >= 4 is 15.8 Å². The van der Waals surface area contributed by atoms with Crippen LogP contribution in [-0.2, 0) is 17.1 Å². The van der Waals surface area contributed by atoms with Crippen molar-refractivity contribution in [2.75, 3.05) is 25.0 Å². The first-order valence-electron chi connectivity index (χ1n) is 8.02. The Bertz CT molecular complexity index is 817. The number of nitrogens with zero attached hydrogens (tertiary/aromatic N) is 5. The number of likely N-dealkylation sites (N-methyl/N-ethyl adjacent to an activating group) is 1. The normalized spacial score (nSPS) is 19.0. The Morgan fingerprint density at radius 3 is 2.79 bits per heavy atom. The van der Waals surface area contributed by atoms with E-state index in [4.69, 9.17) is 0 Å². The molecule has 3 rings (SSSR count). The Hall–Kier alpha value is -1.93. The van der Waals surface area contributed by atoms with Gasteiger partial charge >= 0.3 is 0 Å². The molecule has 130 valence electrons. The molecule has 0 radical (unpaired) electrons. The molecule has 1 fully saturated rings. The monoisotopic (exact) mass is 349 g/mol. The number of piperidine rings is 1. The molecular weight excluding hydrogens is 326 g/mol. The standard InChI is InChI=1S/C16H23N5O2S/c1-13-6-4-8-15(18-13)21-9-5-7-14(10-21)20(3)24(22,23)16-11-19(2)12-17-16/h4,6,8,11-12,14H,5,7,9-10H2,1-3H3/t14-/m1/s1. The molecule has 0 unspecified atom stereocenters. The van der Waals surface area contributed by atoms with Gasteiger partial charge in [-0.2, -0.15) is 4.31 Å². The molecule has 1 saturated heterocycles. The zero-order valence-electron chi connectivity index (χ0n) is 14.3. The van der Waals surface area contributed by atoms with Crippen LogP contribution in [-0.4, -0.2) is 53.4 Å². The van der Waals surface area contributed by atoms with E-state index in [0.29, 0.717) is 6.54 Å². The summed E-state index contributed by atoms with van der Waals surface area (Å²) in [4.78, 5) is 10.7. The maximum absolute atomic E-state index is 12.8. The molecule has 3 heterocycles. The molecule has 0 saturated carbocycles. The number of hydrogen-bond acceptors (Lipinski definition) is 5. The molecule has 0 aliphatic carbocycles. The molecule has 1 aliphatic heterocycles. The van der Waals surface area contributed by atoms with Crippen LogP contribution in [0.1, 0.15) is 18.5 Å². The predicted octanol–water partition coefficient (Wildman–Crippen LogP) is 1.41. The van der Waals surface area contributed by atoms with Gasteiger partial charge < -0.3 is 9.47 Å². The van der Waals surface area contributed by atoms with Gasteiger partial charge in [0.05, 0.1) is 6.33 Å². The van der Waals surface area contributed by atoms with Crippen molar-refractivity contribution in [3.63, 3.8) is 0 Å². The molecule has 0 aromatic carbocycles. The summed E-state index contributed by atoms with van der Waals surface area (Å²) in [6.45, 7) is 3.49.